The van der Waals surface area contributed by atoms with Gasteiger partial charge in [-0.25, -0.2) is 4.79 Å². The van der Waals surface area contributed by atoms with Crippen LogP contribution in [0.2, 0.25) is 0 Å². The van der Waals surface area contributed by atoms with Gasteiger partial charge in [0.15, 0.2) is 0 Å². The second-order valence-corrected chi connectivity index (χ2v) is 8.17. The number of amides is 1. The van der Waals surface area contributed by atoms with E-state index in [1.54, 1.807) is 11.8 Å². The first-order chi connectivity index (χ1) is 9.18. The fourth-order valence-electron chi connectivity index (χ4n) is 1.48. The minimum absolute atomic E-state index is 0.106. The standard InChI is InChI=1S/C16H25NO2S/c1-15(2,3)17-14(18)19-12-16(4,5)20-11-13-9-7-6-8-10-13/h6-10H,11-12H2,1-5H3,(H,17,18). The van der Waals surface area contributed by atoms with E-state index >= 15 is 0 Å². The number of carbonyl (C=O) groups is 1. The van der Waals surface area contributed by atoms with E-state index in [-0.39, 0.29) is 16.4 Å². The highest BCUT2D eigenvalue weighted by Crippen LogP contribution is 2.28. The molecule has 0 radical (unpaired) electrons. The van der Waals surface area contributed by atoms with Gasteiger partial charge in [-0.05, 0) is 40.2 Å². The smallest absolute Gasteiger partial charge is 0.407 e. The molecule has 0 aromatic heterocycles. The summed E-state index contributed by atoms with van der Waals surface area (Å²) in [5.74, 6) is 0.915. The Balaban J connectivity index is 2.36. The minimum atomic E-state index is -0.356. The molecule has 0 saturated heterocycles. The lowest BCUT2D eigenvalue weighted by Gasteiger charge is -2.26. The van der Waals surface area contributed by atoms with Crippen molar-refractivity contribution in [3.8, 4) is 0 Å². The predicted octanol–water partition coefficient (Wildman–Crippen LogP) is 4.22. The summed E-state index contributed by atoms with van der Waals surface area (Å²) in [6.45, 7) is 10.4. The van der Waals surface area contributed by atoms with Gasteiger partial charge in [0.05, 0.1) is 0 Å². The van der Waals surface area contributed by atoms with Crippen LogP contribution in [-0.4, -0.2) is 23.0 Å². The van der Waals surface area contributed by atoms with E-state index in [4.69, 9.17) is 4.74 Å². The molecular weight excluding hydrogens is 270 g/mol. The quantitative estimate of drug-likeness (QED) is 0.883. The summed E-state index contributed by atoms with van der Waals surface area (Å²) < 4.78 is 5.19. The molecular formula is C16H25NO2S. The van der Waals surface area contributed by atoms with Gasteiger partial charge in [0.2, 0.25) is 0 Å². The zero-order valence-electron chi connectivity index (χ0n) is 13.0. The molecule has 1 N–H and O–H groups in total. The molecule has 1 rings (SSSR count). The van der Waals surface area contributed by atoms with Crippen molar-refractivity contribution in [2.24, 2.45) is 0 Å². The zero-order chi connectivity index (χ0) is 15.2. The Morgan fingerprint density at radius 2 is 1.75 bits per heavy atom. The van der Waals surface area contributed by atoms with Crippen molar-refractivity contribution in [2.75, 3.05) is 6.61 Å². The summed E-state index contributed by atoms with van der Waals surface area (Å²) in [4.78, 5) is 11.6. The highest BCUT2D eigenvalue weighted by molar-refractivity contribution is 7.99. The molecule has 0 atom stereocenters. The second kappa shape index (κ2) is 7.02. The van der Waals surface area contributed by atoms with Gasteiger partial charge in [-0.15, -0.1) is 11.8 Å². The van der Waals surface area contributed by atoms with Crippen molar-refractivity contribution in [1.82, 2.24) is 5.32 Å². The van der Waals surface area contributed by atoms with Gasteiger partial charge < -0.3 is 10.1 Å². The largest absolute Gasteiger partial charge is 0.448 e. The van der Waals surface area contributed by atoms with Crippen LogP contribution in [0.15, 0.2) is 30.3 Å². The summed E-state index contributed by atoms with van der Waals surface area (Å²) in [5, 5.41) is 2.80. The Kier molecular flexibility index (Phi) is 5.93. The van der Waals surface area contributed by atoms with E-state index < -0.39 is 0 Å². The lowest BCUT2D eigenvalue weighted by Crippen LogP contribution is -2.42. The summed E-state index contributed by atoms with van der Waals surface area (Å²) in [6.07, 6.45) is -0.356. The molecule has 3 nitrogen and oxygen atoms in total. The molecule has 0 aliphatic heterocycles. The molecule has 0 saturated carbocycles. The molecule has 1 aromatic carbocycles. The number of rotatable bonds is 5. The van der Waals surface area contributed by atoms with Crippen molar-refractivity contribution in [3.05, 3.63) is 35.9 Å². The Hall–Kier alpha value is -1.16. The third-order valence-electron chi connectivity index (χ3n) is 2.50. The Bertz CT molecular complexity index is 424. The van der Waals surface area contributed by atoms with Gasteiger partial charge in [0, 0.05) is 16.0 Å². The van der Waals surface area contributed by atoms with Crippen LogP contribution in [0.1, 0.15) is 40.2 Å². The number of thioether (sulfide) groups is 1. The predicted molar refractivity (Wildman–Crippen MR) is 86.1 cm³/mol. The lowest BCUT2D eigenvalue weighted by molar-refractivity contribution is 0.130. The van der Waals surface area contributed by atoms with E-state index in [1.165, 1.54) is 5.56 Å². The average molecular weight is 295 g/mol. The van der Waals surface area contributed by atoms with Crippen LogP contribution in [0, 0.1) is 0 Å². The summed E-state index contributed by atoms with van der Waals surface area (Å²) in [7, 11) is 0. The summed E-state index contributed by atoms with van der Waals surface area (Å²) in [6, 6.07) is 10.3. The van der Waals surface area contributed by atoms with Crippen LogP contribution in [0.5, 0.6) is 0 Å². The first-order valence-electron chi connectivity index (χ1n) is 6.81. The highest BCUT2D eigenvalue weighted by Gasteiger charge is 2.22. The molecule has 112 valence electrons. The lowest BCUT2D eigenvalue weighted by atomic mass is 10.1. The monoisotopic (exact) mass is 295 g/mol. The molecule has 0 fully saturated rings. The number of alkyl carbamates (subject to hydrolysis) is 1. The van der Waals surface area contributed by atoms with Crippen molar-refractivity contribution < 1.29 is 9.53 Å². The van der Waals surface area contributed by atoms with Crippen LogP contribution in [-0.2, 0) is 10.5 Å². The topological polar surface area (TPSA) is 38.3 Å². The van der Waals surface area contributed by atoms with E-state index in [9.17, 15) is 4.79 Å². The number of ether oxygens (including phenoxy) is 1. The molecule has 0 aliphatic rings. The molecule has 0 spiro atoms. The average Bonchev–Trinajstić information content (AvgIpc) is 2.34. The van der Waals surface area contributed by atoms with E-state index in [0.29, 0.717) is 6.61 Å². The van der Waals surface area contributed by atoms with Gasteiger partial charge >= 0.3 is 6.09 Å². The maximum atomic E-state index is 11.6. The third kappa shape index (κ3) is 7.43. The molecule has 20 heavy (non-hydrogen) atoms. The molecule has 0 aliphatic carbocycles. The minimum Gasteiger partial charge on any atom is -0.448 e. The normalized spacial score (nSPS) is 12.1. The molecule has 0 heterocycles. The van der Waals surface area contributed by atoms with E-state index in [2.05, 4.69) is 31.3 Å². The first kappa shape index (κ1) is 16.9. The fraction of sp³-hybridized carbons (Fsp3) is 0.562. The number of hydrogen-bond acceptors (Lipinski definition) is 3. The number of hydrogen-bond donors (Lipinski definition) is 1. The second-order valence-electron chi connectivity index (χ2n) is 6.49. The Morgan fingerprint density at radius 1 is 1.15 bits per heavy atom. The zero-order valence-corrected chi connectivity index (χ0v) is 13.8. The third-order valence-corrected chi connectivity index (χ3v) is 3.88. The van der Waals surface area contributed by atoms with Gasteiger partial charge in [-0.2, -0.15) is 0 Å². The first-order valence-corrected chi connectivity index (χ1v) is 7.79. The van der Waals surface area contributed by atoms with Gasteiger partial charge in [0.1, 0.15) is 6.61 Å². The Morgan fingerprint density at radius 3 is 2.30 bits per heavy atom. The van der Waals surface area contributed by atoms with Crippen LogP contribution >= 0.6 is 11.8 Å². The fourth-order valence-corrected chi connectivity index (χ4v) is 2.37. The van der Waals surface area contributed by atoms with Crippen molar-refractivity contribution in [1.29, 1.82) is 0 Å². The van der Waals surface area contributed by atoms with Gasteiger partial charge in [-0.1, -0.05) is 30.3 Å². The molecule has 4 heteroatoms. The van der Waals surface area contributed by atoms with Crippen molar-refractivity contribution in [2.45, 2.75) is 50.7 Å². The molecule has 1 aromatic rings. The molecule has 0 bridgehead atoms. The van der Waals surface area contributed by atoms with Crippen LogP contribution in [0.4, 0.5) is 4.79 Å². The maximum absolute atomic E-state index is 11.6. The van der Waals surface area contributed by atoms with E-state index in [0.717, 1.165) is 5.75 Å². The van der Waals surface area contributed by atoms with Gasteiger partial charge in [0.25, 0.3) is 0 Å². The van der Waals surface area contributed by atoms with Crippen molar-refractivity contribution in [3.63, 3.8) is 0 Å². The SMILES string of the molecule is CC(C)(C)NC(=O)OCC(C)(C)SCc1ccccc1. The highest BCUT2D eigenvalue weighted by atomic mass is 32.2. The Labute approximate surface area is 126 Å². The van der Waals surface area contributed by atoms with Crippen LogP contribution in [0.25, 0.3) is 0 Å². The van der Waals surface area contributed by atoms with E-state index in [1.807, 2.05) is 39.0 Å². The summed E-state index contributed by atoms with van der Waals surface area (Å²) in [5.41, 5.74) is 1.02. The number of nitrogens with one attached hydrogen (secondary N) is 1. The van der Waals surface area contributed by atoms with Gasteiger partial charge in [-0.3, -0.25) is 0 Å². The summed E-state index contributed by atoms with van der Waals surface area (Å²) >= 11 is 1.79. The van der Waals surface area contributed by atoms with Crippen molar-refractivity contribution >= 4 is 17.9 Å². The number of benzene rings is 1. The molecule has 1 amide bonds. The maximum Gasteiger partial charge on any atom is 0.407 e. The number of carbonyl (C=O) groups excluding carboxylic acids is 1. The van der Waals surface area contributed by atoms with Crippen LogP contribution < -0.4 is 5.32 Å². The van der Waals surface area contributed by atoms with Crippen LogP contribution in [0.3, 0.4) is 0 Å². The molecule has 0 unspecified atom stereocenters.